The van der Waals surface area contributed by atoms with Crippen LogP contribution >= 0.6 is 11.3 Å². The summed E-state index contributed by atoms with van der Waals surface area (Å²) in [6, 6.07) is 4.36. The lowest BCUT2D eigenvalue weighted by atomic mass is 9.73. The Morgan fingerprint density at radius 2 is 2.17 bits per heavy atom. The number of thiophene rings is 1. The van der Waals surface area contributed by atoms with Gasteiger partial charge in [0.2, 0.25) is 0 Å². The van der Waals surface area contributed by atoms with E-state index in [-0.39, 0.29) is 17.9 Å². The molecule has 5 nitrogen and oxygen atoms in total. The Balaban J connectivity index is 1.52. The first kappa shape index (κ1) is 16.1. The van der Waals surface area contributed by atoms with Gasteiger partial charge in [-0.05, 0) is 43.0 Å². The van der Waals surface area contributed by atoms with E-state index in [4.69, 9.17) is 0 Å². The summed E-state index contributed by atoms with van der Waals surface area (Å²) in [6.45, 7) is 3.47. The zero-order valence-electron chi connectivity index (χ0n) is 14.2. The Labute approximate surface area is 147 Å². The molecule has 2 saturated heterocycles. The third-order valence-corrected chi connectivity index (χ3v) is 7.03. The van der Waals surface area contributed by atoms with Crippen LogP contribution < -0.4 is 5.32 Å². The number of carbonyl (C=O) groups is 2. The first-order valence-electron chi connectivity index (χ1n) is 9.03. The second-order valence-electron chi connectivity index (χ2n) is 7.41. The van der Waals surface area contributed by atoms with E-state index >= 15 is 0 Å². The third kappa shape index (κ3) is 2.47. The molecule has 3 heterocycles. The Bertz CT molecular complexity index is 632. The van der Waals surface area contributed by atoms with Gasteiger partial charge in [-0.3, -0.25) is 9.69 Å². The van der Waals surface area contributed by atoms with Crippen LogP contribution in [0.4, 0.5) is 4.79 Å². The molecule has 0 aromatic carbocycles. The third-order valence-electron chi connectivity index (χ3n) is 6.06. The van der Waals surface area contributed by atoms with E-state index in [0.717, 1.165) is 45.1 Å². The number of hydrogen-bond donors (Lipinski definition) is 1. The molecule has 1 aromatic rings. The molecule has 0 bridgehead atoms. The van der Waals surface area contributed by atoms with Crippen LogP contribution in [-0.4, -0.2) is 40.5 Å². The molecule has 2 aliphatic heterocycles. The molecule has 24 heavy (non-hydrogen) atoms. The fourth-order valence-corrected chi connectivity index (χ4v) is 5.50. The topological polar surface area (TPSA) is 52.7 Å². The standard InChI is InChI=1S/C18H25N3O2S/c1-13-6-2-3-9-18(13)16(22)21(17(23)19-18)12-20-10-4-7-14(20)15-8-5-11-24-15/h5,8,11,13-14H,2-4,6-7,9-10,12H2,1H3,(H,19,23)/t13-,14-,18-/m1/s1. The molecule has 3 fully saturated rings. The minimum atomic E-state index is -0.645. The minimum Gasteiger partial charge on any atom is -0.323 e. The number of nitrogens with one attached hydrogen (secondary N) is 1. The maximum absolute atomic E-state index is 13.1. The maximum atomic E-state index is 13.1. The zero-order chi connectivity index (χ0) is 16.7. The summed E-state index contributed by atoms with van der Waals surface area (Å²) in [5.74, 6) is 0.218. The molecule has 130 valence electrons. The maximum Gasteiger partial charge on any atom is 0.326 e. The number of nitrogens with zero attached hydrogens (tertiary/aromatic N) is 2. The highest BCUT2D eigenvalue weighted by atomic mass is 32.1. The highest BCUT2D eigenvalue weighted by Gasteiger charge is 2.55. The highest BCUT2D eigenvalue weighted by molar-refractivity contribution is 7.10. The molecule has 1 N–H and O–H groups in total. The lowest BCUT2D eigenvalue weighted by Crippen LogP contribution is -2.54. The summed E-state index contributed by atoms with van der Waals surface area (Å²) in [5.41, 5.74) is -0.645. The molecule has 1 saturated carbocycles. The average Bonchev–Trinajstić information content (AvgIpc) is 3.28. The van der Waals surface area contributed by atoms with Crippen LogP contribution in [0.5, 0.6) is 0 Å². The monoisotopic (exact) mass is 347 g/mol. The van der Waals surface area contributed by atoms with Crippen LogP contribution in [0.1, 0.15) is 56.4 Å². The largest absolute Gasteiger partial charge is 0.326 e. The van der Waals surface area contributed by atoms with Crippen molar-refractivity contribution in [3.63, 3.8) is 0 Å². The summed E-state index contributed by atoms with van der Waals surface area (Å²) >= 11 is 1.76. The van der Waals surface area contributed by atoms with Crippen LogP contribution in [0, 0.1) is 5.92 Å². The van der Waals surface area contributed by atoms with Gasteiger partial charge in [0.05, 0.1) is 6.67 Å². The van der Waals surface area contributed by atoms with Crippen LogP contribution in [0.25, 0.3) is 0 Å². The van der Waals surface area contributed by atoms with Crippen LogP contribution in [0.2, 0.25) is 0 Å². The summed E-state index contributed by atoms with van der Waals surface area (Å²) in [5, 5.41) is 5.15. The first-order valence-corrected chi connectivity index (χ1v) is 9.91. The lowest BCUT2D eigenvalue weighted by Gasteiger charge is -2.37. The van der Waals surface area contributed by atoms with Gasteiger partial charge in [-0.15, -0.1) is 11.3 Å². The Morgan fingerprint density at radius 1 is 1.29 bits per heavy atom. The number of urea groups is 1. The molecule has 3 atom stereocenters. The molecule has 6 heteroatoms. The van der Waals surface area contributed by atoms with Crippen molar-refractivity contribution in [2.24, 2.45) is 5.92 Å². The summed E-state index contributed by atoms with van der Waals surface area (Å²) in [6.07, 6.45) is 6.19. The smallest absolute Gasteiger partial charge is 0.323 e. The van der Waals surface area contributed by atoms with Crippen molar-refractivity contribution < 1.29 is 9.59 Å². The Kier molecular flexibility index (Phi) is 4.12. The molecule has 1 spiro atoms. The molecule has 1 aliphatic carbocycles. The SMILES string of the molecule is C[C@@H]1CCCC[C@@]12NC(=O)N(CN1CCC[C@@H]1c1cccs1)C2=O. The van der Waals surface area contributed by atoms with Crippen molar-refractivity contribution in [1.82, 2.24) is 15.1 Å². The number of hydrogen-bond acceptors (Lipinski definition) is 4. The fourth-order valence-electron chi connectivity index (χ4n) is 4.60. The predicted molar refractivity (Wildman–Crippen MR) is 93.6 cm³/mol. The minimum absolute atomic E-state index is 0.00321. The summed E-state index contributed by atoms with van der Waals surface area (Å²) in [7, 11) is 0. The summed E-state index contributed by atoms with van der Waals surface area (Å²) < 4.78 is 0. The molecule has 3 aliphatic rings. The van der Waals surface area contributed by atoms with Gasteiger partial charge in [0.25, 0.3) is 5.91 Å². The normalized spacial score (nSPS) is 34.3. The van der Waals surface area contributed by atoms with Gasteiger partial charge in [-0.1, -0.05) is 25.8 Å². The number of amides is 3. The second-order valence-corrected chi connectivity index (χ2v) is 8.39. The van der Waals surface area contributed by atoms with Gasteiger partial charge >= 0.3 is 6.03 Å². The van der Waals surface area contributed by atoms with E-state index in [9.17, 15) is 9.59 Å². The van der Waals surface area contributed by atoms with E-state index in [1.165, 1.54) is 9.78 Å². The van der Waals surface area contributed by atoms with Gasteiger partial charge in [0, 0.05) is 17.5 Å². The van der Waals surface area contributed by atoms with Gasteiger partial charge in [0.1, 0.15) is 5.54 Å². The van der Waals surface area contributed by atoms with E-state index in [2.05, 4.69) is 34.7 Å². The molecule has 3 amide bonds. The molecular weight excluding hydrogens is 322 g/mol. The number of likely N-dealkylation sites (tertiary alicyclic amines) is 1. The van der Waals surface area contributed by atoms with Gasteiger partial charge in [-0.25, -0.2) is 9.69 Å². The van der Waals surface area contributed by atoms with Crippen molar-refractivity contribution in [3.8, 4) is 0 Å². The number of imide groups is 1. The molecule has 4 rings (SSSR count). The van der Waals surface area contributed by atoms with Crippen molar-refractivity contribution in [3.05, 3.63) is 22.4 Å². The van der Waals surface area contributed by atoms with Crippen LogP contribution in [-0.2, 0) is 4.79 Å². The van der Waals surface area contributed by atoms with Gasteiger partial charge in [-0.2, -0.15) is 0 Å². The number of carbonyl (C=O) groups excluding carboxylic acids is 2. The first-order chi connectivity index (χ1) is 11.6. The van der Waals surface area contributed by atoms with Crippen LogP contribution in [0.3, 0.4) is 0 Å². The molecule has 0 radical (unpaired) electrons. The number of rotatable bonds is 3. The van der Waals surface area contributed by atoms with E-state index in [1.54, 1.807) is 11.3 Å². The lowest BCUT2D eigenvalue weighted by molar-refractivity contribution is -0.135. The van der Waals surface area contributed by atoms with E-state index < -0.39 is 5.54 Å². The summed E-state index contributed by atoms with van der Waals surface area (Å²) in [4.78, 5) is 30.7. The van der Waals surface area contributed by atoms with Gasteiger partial charge < -0.3 is 5.32 Å². The Morgan fingerprint density at radius 3 is 2.92 bits per heavy atom. The van der Waals surface area contributed by atoms with Crippen LogP contribution in [0.15, 0.2) is 17.5 Å². The fraction of sp³-hybridized carbons (Fsp3) is 0.667. The van der Waals surface area contributed by atoms with Crippen molar-refractivity contribution in [2.75, 3.05) is 13.2 Å². The Hall–Kier alpha value is -1.40. The zero-order valence-corrected chi connectivity index (χ0v) is 15.0. The van der Waals surface area contributed by atoms with Crippen molar-refractivity contribution in [1.29, 1.82) is 0 Å². The predicted octanol–water partition coefficient (Wildman–Crippen LogP) is 3.34. The quantitative estimate of drug-likeness (QED) is 0.853. The van der Waals surface area contributed by atoms with Gasteiger partial charge in [0.15, 0.2) is 0 Å². The molecule has 0 unspecified atom stereocenters. The average molecular weight is 347 g/mol. The second kappa shape index (κ2) is 6.15. The van der Waals surface area contributed by atoms with Crippen molar-refractivity contribution in [2.45, 2.75) is 57.0 Å². The highest BCUT2D eigenvalue weighted by Crippen LogP contribution is 2.40. The van der Waals surface area contributed by atoms with Crippen molar-refractivity contribution >= 4 is 23.3 Å². The van der Waals surface area contributed by atoms with E-state index in [1.807, 2.05) is 0 Å². The molecule has 1 aromatic heterocycles. The van der Waals surface area contributed by atoms with E-state index in [0.29, 0.717) is 12.7 Å². The molecular formula is C18H25N3O2S.